The van der Waals surface area contributed by atoms with Crippen molar-refractivity contribution in [3.05, 3.63) is 0 Å². The molecule has 1 unspecified atom stereocenters. The van der Waals surface area contributed by atoms with Gasteiger partial charge in [-0.2, -0.15) is 0 Å². The fourth-order valence-corrected chi connectivity index (χ4v) is 1.48. The predicted octanol–water partition coefficient (Wildman–Crippen LogP) is 0.700. The summed E-state index contributed by atoms with van der Waals surface area (Å²) in [4.78, 5) is 33.9. The van der Waals surface area contributed by atoms with Crippen LogP contribution in [0.3, 0.4) is 0 Å². The molecule has 0 heterocycles. The van der Waals surface area contributed by atoms with E-state index < -0.39 is 18.0 Å². The van der Waals surface area contributed by atoms with Gasteiger partial charge < -0.3 is 21.1 Å². The summed E-state index contributed by atoms with van der Waals surface area (Å²) >= 11 is 0. The van der Waals surface area contributed by atoms with Gasteiger partial charge in [-0.25, -0.2) is 9.59 Å². The lowest BCUT2D eigenvalue weighted by Gasteiger charge is -2.21. The minimum atomic E-state index is -1.08. The average Bonchev–Trinajstić information content (AvgIpc) is 2.22. The molecule has 0 aromatic heterocycles. The van der Waals surface area contributed by atoms with E-state index >= 15 is 0 Å². The van der Waals surface area contributed by atoms with Crippen molar-refractivity contribution >= 4 is 17.9 Å². The Kier molecular flexibility index (Phi) is 7.02. The molecule has 1 atom stereocenters. The van der Waals surface area contributed by atoms with Crippen molar-refractivity contribution in [1.82, 2.24) is 16.0 Å². The number of carboxylic acid groups (broad SMARTS) is 1. The fraction of sp³-hybridized carbons (Fsp3) is 0.769. The smallest absolute Gasteiger partial charge is 0.326 e. The van der Waals surface area contributed by atoms with Crippen LogP contribution in [0.5, 0.6) is 0 Å². The largest absolute Gasteiger partial charge is 0.480 e. The van der Waals surface area contributed by atoms with E-state index in [4.69, 9.17) is 5.11 Å². The summed E-state index contributed by atoms with van der Waals surface area (Å²) in [5, 5.41) is 16.5. The second-order valence-corrected chi connectivity index (χ2v) is 6.01. The Balaban J connectivity index is 4.06. The van der Waals surface area contributed by atoms with Crippen LogP contribution >= 0.6 is 0 Å². The molecule has 7 nitrogen and oxygen atoms in total. The highest BCUT2D eigenvalue weighted by molar-refractivity contribution is 5.83. The Morgan fingerprint density at radius 3 is 2.10 bits per heavy atom. The summed E-state index contributed by atoms with van der Waals surface area (Å²) in [6.45, 7) is 9.16. The van der Waals surface area contributed by atoms with E-state index in [-0.39, 0.29) is 30.3 Å². The van der Waals surface area contributed by atoms with Gasteiger partial charge in [0.05, 0.1) is 0 Å². The Morgan fingerprint density at radius 2 is 1.70 bits per heavy atom. The van der Waals surface area contributed by atoms with Gasteiger partial charge in [0.1, 0.15) is 6.04 Å². The van der Waals surface area contributed by atoms with E-state index in [9.17, 15) is 14.4 Å². The van der Waals surface area contributed by atoms with Crippen molar-refractivity contribution in [1.29, 1.82) is 0 Å². The number of nitrogens with one attached hydrogen (secondary N) is 3. The van der Waals surface area contributed by atoms with E-state index in [0.29, 0.717) is 0 Å². The van der Waals surface area contributed by atoms with Crippen molar-refractivity contribution < 1.29 is 19.5 Å². The number of urea groups is 1. The zero-order valence-electron chi connectivity index (χ0n) is 12.7. The van der Waals surface area contributed by atoms with Crippen LogP contribution in [-0.4, -0.2) is 41.1 Å². The van der Waals surface area contributed by atoms with Crippen molar-refractivity contribution in [2.24, 2.45) is 5.92 Å². The first-order valence-electron chi connectivity index (χ1n) is 6.61. The van der Waals surface area contributed by atoms with Crippen molar-refractivity contribution in [2.45, 2.75) is 52.6 Å². The number of carbonyl (C=O) groups excluding carboxylic acids is 2. The molecule has 0 aliphatic rings. The van der Waals surface area contributed by atoms with Gasteiger partial charge in [-0.15, -0.1) is 0 Å². The summed E-state index contributed by atoms with van der Waals surface area (Å²) in [5.41, 5.74) is -0.314. The molecule has 20 heavy (non-hydrogen) atoms. The van der Waals surface area contributed by atoms with E-state index in [2.05, 4.69) is 16.0 Å². The molecule has 0 aliphatic heterocycles. The second kappa shape index (κ2) is 7.72. The van der Waals surface area contributed by atoms with Crippen LogP contribution in [0.4, 0.5) is 4.79 Å². The van der Waals surface area contributed by atoms with Gasteiger partial charge in [-0.1, -0.05) is 13.8 Å². The van der Waals surface area contributed by atoms with E-state index in [1.165, 1.54) is 0 Å². The van der Waals surface area contributed by atoms with Crippen molar-refractivity contribution in [3.8, 4) is 0 Å². The number of amides is 3. The highest BCUT2D eigenvalue weighted by atomic mass is 16.4. The number of hydrogen-bond acceptors (Lipinski definition) is 3. The van der Waals surface area contributed by atoms with Crippen LogP contribution in [-0.2, 0) is 9.59 Å². The molecule has 116 valence electrons. The van der Waals surface area contributed by atoms with Crippen LogP contribution < -0.4 is 16.0 Å². The normalized spacial score (nSPS) is 12.7. The Bertz CT molecular complexity index is 361. The Labute approximate surface area is 119 Å². The standard InChI is InChI=1S/C13H25N3O4/c1-8(2)10(11(18)19)15-12(20)14-7-6-9(17)16-13(3,4)5/h8,10H,6-7H2,1-5H3,(H,16,17)(H,18,19)(H2,14,15,20). The maximum atomic E-state index is 11.5. The van der Waals surface area contributed by atoms with Gasteiger partial charge in [-0.3, -0.25) is 4.79 Å². The summed E-state index contributed by atoms with van der Waals surface area (Å²) in [6.07, 6.45) is 0.143. The second-order valence-electron chi connectivity index (χ2n) is 6.01. The number of rotatable bonds is 6. The Hall–Kier alpha value is -1.79. The molecule has 3 amide bonds. The molecule has 0 aliphatic carbocycles. The third kappa shape index (κ3) is 8.34. The minimum absolute atomic E-state index is 0.143. The lowest BCUT2D eigenvalue weighted by Crippen LogP contribution is -2.49. The highest BCUT2D eigenvalue weighted by Crippen LogP contribution is 2.01. The van der Waals surface area contributed by atoms with Crippen LogP contribution in [0, 0.1) is 5.92 Å². The first-order chi connectivity index (χ1) is 9.03. The molecule has 4 N–H and O–H groups in total. The third-order valence-electron chi connectivity index (χ3n) is 2.37. The molecule has 0 radical (unpaired) electrons. The molecule has 0 fully saturated rings. The molecule has 7 heteroatoms. The fourth-order valence-electron chi connectivity index (χ4n) is 1.48. The maximum Gasteiger partial charge on any atom is 0.326 e. The summed E-state index contributed by atoms with van der Waals surface area (Å²) in [6, 6.07) is -1.53. The molecule has 0 aromatic rings. The van der Waals surface area contributed by atoms with E-state index in [1.807, 2.05) is 20.8 Å². The van der Waals surface area contributed by atoms with Gasteiger partial charge >= 0.3 is 12.0 Å². The van der Waals surface area contributed by atoms with Crippen LogP contribution in [0.2, 0.25) is 0 Å². The van der Waals surface area contributed by atoms with Crippen molar-refractivity contribution in [2.75, 3.05) is 6.54 Å². The van der Waals surface area contributed by atoms with Crippen LogP contribution in [0.15, 0.2) is 0 Å². The topological polar surface area (TPSA) is 108 Å². The van der Waals surface area contributed by atoms with Gasteiger partial charge in [0, 0.05) is 18.5 Å². The van der Waals surface area contributed by atoms with Gasteiger partial charge in [0.25, 0.3) is 0 Å². The van der Waals surface area contributed by atoms with Gasteiger partial charge in [0.15, 0.2) is 0 Å². The van der Waals surface area contributed by atoms with Gasteiger partial charge in [0.2, 0.25) is 5.91 Å². The third-order valence-corrected chi connectivity index (χ3v) is 2.37. The summed E-state index contributed by atoms with van der Waals surface area (Å²) < 4.78 is 0. The van der Waals surface area contributed by atoms with E-state index in [1.54, 1.807) is 13.8 Å². The van der Waals surface area contributed by atoms with Crippen LogP contribution in [0.25, 0.3) is 0 Å². The molecular formula is C13H25N3O4. The lowest BCUT2D eigenvalue weighted by atomic mass is 10.1. The average molecular weight is 287 g/mol. The molecule has 0 spiro atoms. The number of carboxylic acids is 1. The molecule has 0 bridgehead atoms. The number of aliphatic carboxylic acids is 1. The van der Waals surface area contributed by atoms with Crippen LogP contribution in [0.1, 0.15) is 41.0 Å². The molecule has 0 aromatic carbocycles. The highest BCUT2D eigenvalue weighted by Gasteiger charge is 2.23. The monoisotopic (exact) mass is 287 g/mol. The maximum absolute atomic E-state index is 11.5. The Morgan fingerprint density at radius 1 is 1.15 bits per heavy atom. The summed E-state index contributed by atoms with van der Waals surface area (Å²) in [5.74, 6) is -1.47. The molecule has 0 saturated heterocycles. The van der Waals surface area contributed by atoms with Crippen molar-refractivity contribution in [3.63, 3.8) is 0 Å². The SMILES string of the molecule is CC(C)C(NC(=O)NCCC(=O)NC(C)(C)C)C(=O)O. The molecule has 0 saturated carbocycles. The summed E-state index contributed by atoms with van der Waals surface area (Å²) in [7, 11) is 0. The number of hydrogen-bond donors (Lipinski definition) is 4. The zero-order valence-corrected chi connectivity index (χ0v) is 12.7. The minimum Gasteiger partial charge on any atom is -0.480 e. The zero-order chi connectivity index (χ0) is 15.9. The first-order valence-corrected chi connectivity index (χ1v) is 6.61. The molecular weight excluding hydrogens is 262 g/mol. The van der Waals surface area contributed by atoms with Gasteiger partial charge in [-0.05, 0) is 26.7 Å². The number of carbonyl (C=O) groups is 3. The molecule has 0 rings (SSSR count). The first kappa shape index (κ1) is 18.2. The lowest BCUT2D eigenvalue weighted by molar-refractivity contribution is -0.140. The predicted molar refractivity (Wildman–Crippen MR) is 75.3 cm³/mol. The van der Waals surface area contributed by atoms with E-state index in [0.717, 1.165) is 0 Å². The quantitative estimate of drug-likeness (QED) is 0.576.